The minimum absolute atomic E-state index is 0.0519. The number of halogens is 2. The minimum Gasteiger partial charge on any atom is -0.368 e. The monoisotopic (exact) mass is 553 g/mol. The Bertz CT molecular complexity index is 1320. The molecule has 9 heteroatoms. The molecule has 1 unspecified atom stereocenters. The van der Waals surface area contributed by atoms with Crippen LogP contribution >= 0.6 is 23.2 Å². The summed E-state index contributed by atoms with van der Waals surface area (Å²) in [4.78, 5) is 34.6. The van der Waals surface area contributed by atoms with E-state index < -0.39 is 0 Å². The fourth-order valence-corrected chi connectivity index (χ4v) is 6.25. The molecule has 2 amide bonds. The number of nitrogens with two attached hydrogens (primary N) is 1. The average Bonchev–Trinajstić information content (AvgIpc) is 3.37. The standard InChI is InChI=1S/C29H33Cl2N5O2/c30-24-7-1-18(15-25(24)31)2-8-27(37)36-13-10-20(11-14-36)28(29(32)38)35-21-5-3-19(4-6-21)22-17-34-26-9-12-33-16-23(22)26/h1-2,7-9,12,15-17,19-21,28,34-35H,3-6,10-11,13-14H2,(H2,32,38)/b8-2+. The molecular formula is C29H33Cl2N5O2. The fraction of sp³-hybridized carbons (Fsp3) is 0.414. The summed E-state index contributed by atoms with van der Waals surface area (Å²) in [5, 5.41) is 5.73. The smallest absolute Gasteiger partial charge is 0.246 e. The van der Waals surface area contributed by atoms with E-state index >= 15 is 0 Å². The highest BCUT2D eigenvalue weighted by Gasteiger charge is 2.34. The van der Waals surface area contributed by atoms with Crippen LogP contribution in [-0.4, -0.2) is 51.9 Å². The van der Waals surface area contributed by atoms with Gasteiger partial charge in [-0.1, -0.05) is 29.3 Å². The lowest BCUT2D eigenvalue weighted by Crippen LogP contribution is -2.54. The van der Waals surface area contributed by atoms with Gasteiger partial charge in [-0.15, -0.1) is 0 Å². The van der Waals surface area contributed by atoms with Crippen LogP contribution in [0.3, 0.4) is 0 Å². The Balaban J connectivity index is 1.12. The summed E-state index contributed by atoms with van der Waals surface area (Å²) in [6, 6.07) is 7.16. The first-order chi connectivity index (χ1) is 18.4. The SMILES string of the molecule is NC(=O)C(NC1CCC(c2c[nH]c3ccncc23)CC1)C1CCN(C(=O)/C=C/c2ccc(Cl)c(Cl)c2)CC1. The lowest BCUT2D eigenvalue weighted by Gasteiger charge is -2.38. The predicted molar refractivity (Wildman–Crippen MR) is 152 cm³/mol. The molecule has 38 heavy (non-hydrogen) atoms. The van der Waals surface area contributed by atoms with Crippen molar-refractivity contribution in [2.24, 2.45) is 11.7 Å². The normalized spacial score (nSPS) is 21.7. The number of pyridine rings is 1. The van der Waals surface area contributed by atoms with E-state index in [4.69, 9.17) is 28.9 Å². The highest BCUT2D eigenvalue weighted by atomic mass is 35.5. The molecular weight excluding hydrogens is 521 g/mol. The molecule has 1 saturated carbocycles. The first-order valence-electron chi connectivity index (χ1n) is 13.3. The number of likely N-dealkylation sites (tertiary alicyclic amines) is 1. The molecule has 2 aliphatic rings. The second-order valence-corrected chi connectivity index (χ2v) is 11.2. The van der Waals surface area contributed by atoms with Crippen molar-refractivity contribution in [3.63, 3.8) is 0 Å². The number of benzene rings is 1. The van der Waals surface area contributed by atoms with Crippen molar-refractivity contribution in [1.82, 2.24) is 20.2 Å². The second-order valence-electron chi connectivity index (χ2n) is 10.4. The topological polar surface area (TPSA) is 104 Å². The number of piperidine rings is 1. The van der Waals surface area contributed by atoms with Gasteiger partial charge in [0, 0.05) is 54.7 Å². The van der Waals surface area contributed by atoms with E-state index in [1.807, 2.05) is 29.4 Å². The maximum absolute atomic E-state index is 12.7. The van der Waals surface area contributed by atoms with Crippen molar-refractivity contribution in [2.45, 2.75) is 56.5 Å². The van der Waals surface area contributed by atoms with Gasteiger partial charge in [0.05, 0.1) is 16.1 Å². The number of nitrogens with one attached hydrogen (secondary N) is 2. The van der Waals surface area contributed by atoms with Gasteiger partial charge in [0.1, 0.15) is 0 Å². The Hall–Kier alpha value is -2.87. The Kier molecular flexibility index (Phi) is 8.36. The number of primary amides is 1. The molecule has 200 valence electrons. The molecule has 2 fully saturated rings. The molecule has 0 bridgehead atoms. The van der Waals surface area contributed by atoms with Gasteiger partial charge >= 0.3 is 0 Å². The lowest BCUT2D eigenvalue weighted by atomic mass is 9.80. The van der Waals surface area contributed by atoms with Crippen LogP contribution in [-0.2, 0) is 9.59 Å². The van der Waals surface area contributed by atoms with Crippen molar-refractivity contribution in [2.75, 3.05) is 13.1 Å². The predicted octanol–water partition coefficient (Wildman–Crippen LogP) is 5.29. The van der Waals surface area contributed by atoms with Crippen molar-refractivity contribution in [3.8, 4) is 0 Å². The lowest BCUT2D eigenvalue weighted by molar-refractivity contribution is -0.128. The van der Waals surface area contributed by atoms with Crippen LogP contribution in [0.15, 0.2) is 48.9 Å². The number of hydrogen-bond acceptors (Lipinski definition) is 4. The summed E-state index contributed by atoms with van der Waals surface area (Å²) < 4.78 is 0. The summed E-state index contributed by atoms with van der Waals surface area (Å²) in [5.41, 5.74) is 9.13. The molecule has 3 heterocycles. The highest BCUT2D eigenvalue weighted by molar-refractivity contribution is 6.42. The van der Waals surface area contributed by atoms with Gasteiger partial charge in [0.2, 0.25) is 11.8 Å². The van der Waals surface area contributed by atoms with Gasteiger partial charge in [-0.25, -0.2) is 0 Å². The number of hydrogen-bond donors (Lipinski definition) is 3. The van der Waals surface area contributed by atoms with Crippen LogP contribution < -0.4 is 11.1 Å². The zero-order valence-electron chi connectivity index (χ0n) is 21.2. The number of aromatic nitrogens is 2. The Morgan fingerprint density at radius 2 is 1.84 bits per heavy atom. The van der Waals surface area contributed by atoms with E-state index in [0.717, 1.165) is 49.6 Å². The second kappa shape index (κ2) is 11.9. The molecule has 1 aliphatic carbocycles. The van der Waals surface area contributed by atoms with Gasteiger partial charge < -0.3 is 20.9 Å². The first-order valence-corrected chi connectivity index (χ1v) is 14.0. The summed E-state index contributed by atoms with van der Waals surface area (Å²) in [6.07, 6.45) is 14.8. The Labute approximate surface area is 232 Å². The molecule has 0 spiro atoms. The zero-order chi connectivity index (χ0) is 26.6. The molecule has 1 aliphatic heterocycles. The van der Waals surface area contributed by atoms with Crippen molar-refractivity contribution in [1.29, 1.82) is 0 Å². The maximum atomic E-state index is 12.7. The zero-order valence-corrected chi connectivity index (χ0v) is 22.7. The Morgan fingerprint density at radius 3 is 2.55 bits per heavy atom. The molecule has 4 N–H and O–H groups in total. The molecule has 5 rings (SSSR count). The van der Waals surface area contributed by atoms with Crippen molar-refractivity contribution in [3.05, 3.63) is 70.1 Å². The van der Waals surface area contributed by atoms with E-state index in [-0.39, 0.29) is 29.8 Å². The van der Waals surface area contributed by atoms with E-state index in [2.05, 4.69) is 21.5 Å². The van der Waals surface area contributed by atoms with Gasteiger partial charge in [0.15, 0.2) is 0 Å². The maximum Gasteiger partial charge on any atom is 0.246 e. The van der Waals surface area contributed by atoms with Crippen LogP contribution in [0.25, 0.3) is 17.0 Å². The van der Waals surface area contributed by atoms with E-state index in [0.29, 0.717) is 29.1 Å². The van der Waals surface area contributed by atoms with E-state index in [1.165, 1.54) is 10.9 Å². The number of aromatic amines is 1. The third-order valence-electron chi connectivity index (χ3n) is 8.09. The fourth-order valence-electron chi connectivity index (χ4n) is 5.94. The summed E-state index contributed by atoms with van der Waals surface area (Å²) in [5.74, 6) is 0.250. The number of fused-ring (bicyclic) bond motifs is 1. The summed E-state index contributed by atoms with van der Waals surface area (Å²) in [7, 11) is 0. The molecule has 1 atom stereocenters. The average molecular weight is 555 g/mol. The molecule has 0 radical (unpaired) electrons. The van der Waals surface area contributed by atoms with Crippen LogP contribution in [0.1, 0.15) is 55.6 Å². The van der Waals surface area contributed by atoms with Crippen molar-refractivity contribution < 1.29 is 9.59 Å². The first kappa shape index (κ1) is 26.7. The number of rotatable bonds is 7. The van der Waals surface area contributed by atoms with Crippen LogP contribution in [0.4, 0.5) is 0 Å². The largest absolute Gasteiger partial charge is 0.368 e. The highest BCUT2D eigenvalue weighted by Crippen LogP contribution is 2.37. The van der Waals surface area contributed by atoms with Gasteiger partial charge in [-0.05, 0) is 85.8 Å². The third kappa shape index (κ3) is 6.06. The van der Waals surface area contributed by atoms with Crippen LogP contribution in [0.2, 0.25) is 10.0 Å². The van der Waals surface area contributed by atoms with Gasteiger partial charge in [0.25, 0.3) is 0 Å². The quantitative estimate of drug-likeness (QED) is 0.345. The summed E-state index contributed by atoms with van der Waals surface area (Å²) >= 11 is 12.0. The number of nitrogens with zero attached hydrogens (tertiary/aromatic N) is 2. The Morgan fingerprint density at radius 1 is 1.08 bits per heavy atom. The van der Waals surface area contributed by atoms with E-state index in [1.54, 1.807) is 24.3 Å². The van der Waals surface area contributed by atoms with Crippen LogP contribution in [0.5, 0.6) is 0 Å². The van der Waals surface area contributed by atoms with E-state index in [9.17, 15) is 9.59 Å². The number of H-pyrrole nitrogens is 1. The van der Waals surface area contributed by atoms with Gasteiger partial charge in [-0.3, -0.25) is 14.6 Å². The number of carbonyl (C=O) groups is 2. The summed E-state index contributed by atoms with van der Waals surface area (Å²) in [6.45, 7) is 1.20. The minimum atomic E-state index is -0.377. The number of amides is 2. The molecule has 7 nitrogen and oxygen atoms in total. The number of carbonyl (C=O) groups excluding carboxylic acids is 2. The van der Waals surface area contributed by atoms with Crippen molar-refractivity contribution >= 4 is 52.0 Å². The molecule has 3 aromatic rings. The molecule has 2 aromatic heterocycles. The molecule has 1 aromatic carbocycles. The van der Waals surface area contributed by atoms with Crippen LogP contribution in [0, 0.1) is 5.92 Å². The molecule has 1 saturated heterocycles. The third-order valence-corrected chi connectivity index (χ3v) is 8.83. The van der Waals surface area contributed by atoms with Gasteiger partial charge in [-0.2, -0.15) is 0 Å².